The van der Waals surface area contributed by atoms with E-state index < -0.39 is 0 Å². The smallest absolute Gasteiger partial charge is 0.0814 e. The van der Waals surface area contributed by atoms with Gasteiger partial charge in [-0.1, -0.05) is 44.0 Å². The number of nitrogens with one attached hydrogen (secondary N) is 1. The van der Waals surface area contributed by atoms with Crippen LogP contribution in [-0.2, 0) is 4.74 Å². The van der Waals surface area contributed by atoms with E-state index in [0.29, 0.717) is 10.0 Å². The van der Waals surface area contributed by atoms with Gasteiger partial charge in [0, 0.05) is 17.2 Å². The van der Waals surface area contributed by atoms with Gasteiger partial charge in [0.25, 0.3) is 0 Å². The molecule has 0 spiro atoms. The Labute approximate surface area is 120 Å². The fourth-order valence-electron chi connectivity index (χ4n) is 2.21. The van der Waals surface area contributed by atoms with Crippen molar-refractivity contribution in [2.45, 2.75) is 32.9 Å². The fraction of sp³-hybridized carbons (Fsp3) is 0.571. The van der Waals surface area contributed by atoms with Crippen molar-refractivity contribution in [2.75, 3.05) is 14.2 Å². The first-order valence-electron chi connectivity index (χ1n) is 5.96. The summed E-state index contributed by atoms with van der Waals surface area (Å²) in [7, 11) is 3.62. The van der Waals surface area contributed by atoms with Crippen molar-refractivity contribution < 1.29 is 4.74 Å². The van der Waals surface area contributed by atoms with Crippen molar-refractivity contribution in [1.29, 1.82) is 0 Å². The number of likely N-dealkylation sites (N-methyl/N-ethyl adjacent to an activating group) is 1. The highest BCUT2D eigenvalue weighted by Crippen LogP contribution is 2.36. The van der Waals surface area contributed by atoms with Gasteiger partial charge in [-0.3, -0.25) is 0 Å². The quantitative estimate of drug-likeness (QED) is 0.892. The Morgan fingerprint density at radius 3 is 2.28 bits per heavy atom. The molecule has 4 heteroatoms. The van der Waals surface area contributed by atoms with Gasteiger partial charge in [0.1, 0.15) is 0 Å². The summed E-state index contributed by atoms with van der Waals surface area (Å²) in [5.41, 5.74) is 0.960. The third-order valence-corrected chi connectivity index (χ3v) is 3.59. The Morgan fingerprint density at radius 1 is 1.22 bits per heavy atom. The molecular weight excluding hydrogens is 269 g/mol. The summed E-state index contributed by atoms with van der Waals surface area (Å²) in [5.74, 6) is 0. The normalized spacial score (nSPS) is 15.5. The zero-order chi connectivity index (χ0) is 13.9. The number of hydrogen-bond acceptors (Lipinski definition) is 2. The number of benzene rings is 1. The lowest BCUT2D eigenvalue weighted by Gasteiger charge is -2.36. The largest absolute Gasteiger partial charge is 0.379 e. The molecule has 1 rings (SSSR count). The number of halogens is 2. The number of ether oxygens (including phenoxy) is 1. The van der Waals surface area contributed by atoms with Crippen LogP contribution in [0.25, 0.3) is 0 Å². The van der Waals surface area contributed by atoms with Gasteiger partial charge in [0.2, 0.25) is 0 Å². The molecule has 102 valence electrons. The van der Waals surface area contributed by atoms with Crippen LogP contribution in [0.15, 0.2) is 18.2 Å². The van der Waals surface area contributed by atoms with Crippen molar-refractivity contribution in [3.63, 3.8) is 0 Å². The summed E-state index contributed by atoms with van der Waals surface area (Å²) in [6.07, 6.45) is -0.00142. The molecule has 0 heterocycles. The average molecular weight is 290 g/mol. The Balaban J connectivity index is 3.19. The lowest BCUT2D eigenvalue weighted by molar-refractivity contribution is -0.0101. The van der Waals surface area contributed by atoms with Crippen molar-refractivity contribution in [1.82, 2.24) is 5.32 Å². The van der Waals surface area contributed by atoms with Gasteiger partial charge in [-0.05, 0) is 36.2 Å². The van der Waals surface area contributed by atoms with Crippen LogP contribution in [-0.4, -0.2) is 20.3 Å². The predicted molar refractivity (Wildman–Crippen MR) is 78.5 cm³/mol. The fourth-order valence-corrected chi connectivity index (χ4v) is 2.63. The molecule has 0 saturated heterocycles. The first kappa shape index (κ1) is 15.8. The van der Waals surface area contributed by atoms with E-state index in [2.05, 4.69) is 26.1 Å². The zero-order valence-corrected chi connectivity index (χ0v) is 13.1. The minimum atomic E-state index is -0.00588. The van der Waals surface area contributed by atoms with Gasteiger partial charge in [0.05, 0.1) is 12.1 Å². The van der Waals surface area contributed by atoms with Crippen LogP contribution >= 0.6 is 23.2 Å². The molecule has 2 nitrogen and oxygen atoms in total. The lowest BCUT2D eigenvalue weighted by Crippen LogP contribution is -2.40. The van der Waals surface area contributed by atoms with Gasteiger partial charge < -0.3 is 10.1 Å². The average Bonchev–Trinajstić information content (AvgIpc) is 2.27. The van der Waals surface area contributed by atoms with Crippen LogP contribution in [0.2, 0.25) is 10.0 Å². The Bertz CT molecular complexity index is 401. The standard InChI is InChI=1S/C14H21Cl2NO/c1-14(2,3)13(18-5)12(17-4)10-8-9(15)6-7-11(10)16/h6-8,12-13,17H,1-5H3. The van der Waals surface area contributed by atoms with Crippen LogP contribution in [0.5, 0.6) is 0 Å². The minimum Gasteiger partial charge on any atom is -0.379 e. The molecule has 1 aromatic carbocycles. The van der Waals surface area contributed by atoms with Gasteiger partial charge in [-0.15, -0.1) is 0 Å². The Kier molecular flexibility index (Phi) is 5.47. The SMILES string of the molecule is CNC(c1cc(Cl)ccc1Cl)C(OC)C(C)(C)C. The summed E-state index contributed by atoms with van der Waals surface area (Å²) < 4.78 is 5.65. The highest BCUT2D eigenvalue weighted by Gasteiger charge is 2.33. The summed E-state index contributed by atoms with van der Waals surface area (Å²) >= 11 is 12.3. The number of methoxy groups -OCH3 is 1. The van der Waals surface area contributed by atoms with Gasteiger partial charge in [-0.25, -0.2) is 0 Å². The molecule has 2 atom stereocenters. The summed E-state index contributed by atoms with van der Waals surface area (Å²) in [4.78, 5) is 0. The number of rotatable bonds is 4. The Hall–Kier alpha value is -0.280. The van der Waals surface area contributed by atoms with Crippen molar-refractivity contribution in [3.8, 4) is 0 Å². The molecule has 0 aliphatic rings. The highest BCUT2D eigenvalue weighted by atomic mass is 35.5. The van der Waals surface area contributed by atoms with Crippen molar-refractivity contribution in [3.05, 3.63) is 33.8 Å². The van der Waals surface area contributed by atoms with E-state index in [9.17, 15) is 0 Å². The van der Waals surface area contributed by atoms with Gasteiger partial charge in [-0.2, -0.15) is 0 Å². The van der Waals surface area contributed by atoms with Gasteiger partial charge >= 0.3 is 0 Å². The maximum atomic E-state index is 6.27. The van der Waals surface area contributed by atoms with E-state index in [1.165, 1.54) is 0 Å². The summed E-state index contributed by atoms with van der Waals surface area (Å²) in [6.45, 7) is 6.43. The molecule has 0 bridgehead atoms. The third kappa shape index (κ3) is 3.61. The summed E-state index contributed by atoms with van der Waals surface area (Å²) in [6, 6.07) is 5.50. The molecular formula is C14H21Cl2NO. The minimum absolute atomic E-state index is 0.00111. The van der Waals surface area contributed by atoms with E-state index in [1.807, 2.05) is 19.2 Å². The lowest BCUT2D eigenvalue weighted by atomic mass is 9.82. The maximum absolute atomic E-state index is 6.27. The van der Waals surface area contributed by atoms with Crippen LogP contribution < -0.4 is 5.32 Å². The van der Waals surface area contributed by atoms with Crippen molar-refractivity contribution >= 4 is 23.2 Å². The van der Waals surface area contributed by atoms with Crippen LogP contribution in [0.4, 0.5) is 0 Å². The van der Waals surface area contributed by atoms with Crippen molar-refractivity contribution in [2.24, 2.45) is 5.41 Å². The van der Waals surface area contributed by atoms with E-state index in [1.54, 1.807) is 13.2 Å². The maximum Gasteiger partial charge on any atom is 0.0814 e. The second-order valence-corrected chi connectivity index (χ2v) is 6.30. The first-order chi connectivity index (χ1) is 8.31. The molecule has 0 radical (unpaired) electrons. The van der Waals surface area contributed by atoms with E-state index in [0.717, 1.165) is 5.56 Å². The Morgan fingerprint density at radius 2 is 1.83 bits per heavy atom. The van der Waals surface area contributed by atoms with E-state index in [4.69, 9.17) is 27.9 Å². The predicted octanol–water partition coefficient (Wildman–Crippen LogP) is 4.32. The van der Waals surface area contributed by atoms with Crippen LogP contribution in [0.3, 0.4) is 0 Å². The van der Waals surface area contributed by atoms with Gasteiger partial charge in [0.15, 0.2) is 0 Å². The molecule has 18 heavy (non-hydrogen) atoms. The second kappa shape index (κ2) is 6.25. The topological polar surface area (TPSA) is 21.3 Å². The van der Waals surface area contributed by atoms with E-state index in [-0.39, 0.29) is 17.6 Å². The molecule has 0 aliphatic carbocycles. The van der Waals surface area contributed by atoms with Crippen LogP contribution in [0, 0.1) is 5.41 Å². The molecule has 0 aromatic heterocycles. The van der Waals surface area contributed by atoms with Crippen LogP contribution in [0.1, 0.15) is 32.4 Å². The highest BCUT2D eigenvalue weighted by molar-refractivity contribution is 6.33. The third-order valence-electron chi connectivity index (χ3n) is 3.01. The zero-order valence-electron chi connectivity index (χ0n) is 11.6. The first-order valence-corrected chi connectivity index (χ1v) is 6.72. The molecule has 0 fully saturated rings. The second-order valence-electron chi connectivity index (χ2n) is 5.45. The molecule has 1 N–H and O–H groups in total. The summed E-state index contributed by atoms with van der Waals surface area (Å²) in [5, 5.41) is 4.65. The van der Waals surface area contributed by atoms with E-state index >= 15 is 0 Å². The monoisotopic (exact) mass is 289 g/mol. The molecule has 1 aromatic rings. The molecule has 0 saturated carbocycles. The molecule has 2 unspecified atom stereocenters. The number of hydrogen-bond donors (Lipinski definition) is 1. The molecule has 0 amide bonds. The molecule has 0 aliphatic heterocycles.